The molecule has 23 heavy (non-hydrogen) atoms. The number of carboxylic acid groups (broad SMARTS) is 1. The lowest BCUT2D eigenvalue weighted by atomic mass is 10.0. The number of aliphatic imine (C=N–C) groups is 1. The van der Waals surface area contributed by atoms with Crippen LogP contribution in [0.25, 0.3) is 10.8 Å². The number of nitrogens with one attached hydrogen (secondary N) is 2. The Hall–Kier alpha value is -2.93. The molecule has 6 nitrogen and oxygen atoms in total. The Balaban J connectivity index is 2.06. The molecule has 1 aliphatic heterocycles. The number of fused-ring (bicyclic) bond motifs is 1. The molecule has 2 aromatic rings. The van der Waals surface area contributed by atoms with Crippen LogP contribution >= 0.6 is 0 Å². The Kier molecular flexibility index (Phi) is 3.71. The third-order valence-corrected chi connectivity index (χ3v) is 3.50. The number of allylic oxidation sites excluding steroid dienone is 1. The fourth-order valence-electron chi connectivity index (χ4n) is 2.36. The first-order valence-electron chi connectivity index (χ1n) is 6.87. The Labute approximate surface area is 131 Å². The van der Waals surface area contributed by atoms with E-state index in [-0.39, 0.29) is 16.7 Å². The Morgan fingerprint density at radius 2 is 2.17 bits per heavy atom. The lowest BCUT2D eigenvalue weighted by molar-refractivity contribution is 0.0242. The monoisotopic (exact) mass is 315 g/mol. The second-order valence-corrected chi connectivity index (χ2v) is 4.86. The van der Waals surface area contributed by atoms with Crippen molar-refractivity contribution in [1.82, 2.24) is 10.6 Å². The number of carbonyl (C=O) groups is 1. The van der Waals surface area contributed by atoms with Gasteiger partial charge in [0, 0.05) is 17.8 Å². The quantitative estimate of drug-likeness (QED) is 0.752. The van der Waals surface area contributed by atoms with E-state index in [1.54, 1.807) is 19.3 Å². The average molecular weight is 315 g/mol. The molecule has 1 heterocycles. The third-order valence-electron chi connectivity index (χ3n) is 3.50. The third kappa shape index (κ3) is 2.62. The van der Waals surface area contributed by atoms with Gasteiger partial charge >= 0.3 is 11.9 Å². The van der Waals surface area contributed by atoms with Gasteiger partial charge in [0.15, 0.2) is 11.6 Å². The van der Waals surface area contributed by atoms with E-state index in [2.05, 4.69) is 15.6 Å². The zero-order chi connectivity index (χ0) is 16.4. The summed E-state index contributed by atoms with van der Waals surface area (Å²) in [6.07, 6.45) is 4.81. The van der Waals surface area contributed by atoms with Crippen molar-refractivity contribution in [2.45, 2.75) is 5.97 Å². The highest BCUT2D eigenvalue weighted by Crippen LogP contribution is 2.30. The van der Waals surface area contributed by atoms with Gasteiger partial charge in [-0.3, -0.25) is 0 Å². The molecule has 0 amide bonds. The van der Waals surface area contributed by atoms with Crippen LogP contribution in [0.3, 0.4) is 0 Å². The molecule has 0 spiro atoms. The van der Waals surface area contributed by atoms with Gasteiger partial charge in [0.25, 0.3) is 0 Å². The van der Waals surface area contributed by atoms with Crippen LogP contribution in [0.2, 0.25) is 0 Å². The van der Waals surface area contributed by atoms with E-state index < -0.39 is 17.8 Å². The van der Waals surface area contributed by atoms with Gasteiger partial charge in [-0.2, -0.15) is 0 Å². The van der Waals surface area contributed by atoms with Gasteiger partial charge in [0.1, 0.15) is 0 Å². The summed E-state index contributed by atoms with van der Waals surface area (Å²) in [6.45, 7) is 0. The minimum atomic E-state index is -1.31. The van der Waals surface area contributed by atoms with Crippen LogP contribution in [0.5, 0.6) is 5.75 Å². The van der Waals surface area contributed by atoms with Gasteiger partial charge in [-0.25, -0.2) is 19.5 Å². The molecule has 1 unspecified atom stereocenters. The van der Waals surface area contributed by atoms with E-state index in [0.717, 1.165) is 0 Å². The molecule has 3 N–H and O–H groups in total. The summed E-state index contributed by atoms with van der Waals surface area (Å²) >= 11 is 0. The topological polar surface area (TPSA) is 83.0 Å². The molecular weight excluding hydrogens is 301 g/mol. The summed E-state index contributed by atoms with van der Waals surface area (Å²) in [6, 6.07) is 7.33. The van der Waals surface area contributed by atoms with Crippen LogP contribution in [0.1, 0.15) is 10.4 Å². The van der Waals surface area contributed by atoms with Crippen molar-refractivity contribution < 1.29 is 19.0 Å². The molecule has 0 bridgehead atoms. The van der Waals surface area contributed by atoms with Crippen molar-refractivity contribution in [3.8, 4) is 5.75 Å². The summed E-state index contributed by atoms with van der Waals surface area (Å²) in [5, 5.41) is 15.4. The van der Waals surface area contributed by atoms with Crippen molar-refractivity contribution in [2.24, 2.45) is 4.99 Å². The molecule has 0 fully saturated rings. The van der Waals surface area contributed by atoms with Gasteiger partial charge in [-0.05, 0) is 36.7 Å². The van der Waals surface area contributed by atoms with Crippen LogP contribution in [-0.4, -0.2) is 30.3 Å². The highest BCUT2D eigenvalue weighted by molar-refractivity contribution is 6.04. The molecule has 3 rings (SSSR count). The summed E-state index contributed by atoms with van der Waals surface area (Å²) < 4.78 is 20.4. The van der Waals surface area contributed by atoms with E-state index in [4.69, 9.17) is 4.74 Å². The van der Waals surface area contributed by atoms with E-state index in [1.807, 2.05) is 0 Å². The summed E-state index contributed by atoms with van der Waals surface area (Å²) in [7, 11) is 1.62. The van der Waals surface area contributed by atoms with Crippen LogP contribution in [-0.2, 0) is 0 Å². The molecule has 1 atom stereocenters. The van der Waals surface area contributed by atoms with Gasteiger partial charge in [0.2, 0.25) is 0 Å². The van der Waals surface area contributed by atoms with Crippen LogP contribution in [0, 0.1) is 5.82 Å². The minimum absolute atomic E-state index is 0.0352. The fraction of sp³-hybridized carbons (Fsp3) is 0.125. The van der Waals surface area contributed by atoms with Crippen molar-refractivity contribution >= 4 is 23.0 Å². The lowest BCUT2D eigenvalue weighted by Gasteiger charge is -2.31. The van der Waals surface area contributed by atoms with E-state index >= 15 is 0 Å². The first-order valence-corrected chi connectivity index (χ1v) is 6.87. The van der Waals surface area contributed by atoms with Crippen molar-refractivity contribution in [3.63, 3.8) is 0 Å². The Bertz CT molecular complexity index is 835. The number of carboxylic acids is 1. The largest absolute Gasteiger partial charge is 0.478 e. The van der Waals surface area contributed by atoms with Gasteiger partial charge < -0.3 is 15.2 Å². The number of ether oxygens (including phenoxy) is 1. The molecule has 0 saturated heterocycles. The van der Waals surface area contributed by atoms with Crippen molar-refractivity contribution in [2.75, 3.05) is 7.05 Å². The minimum Gasteiger partial charge on any atom is -0.478 e. The predicted molar refractivity (Wildman–Crippen MR) is 84.1 cm³/mol. The second-order valence-electron chi connectivity index (χ2n) is 4.86. The molecular formula is C16H14FN3O3. The number of benzene rings is 2. The molecule has 118 valence electrons. The standard InChI is InChI=1S/C16H14FN3O3/c1-18-16(19-8-3-9-20-16)23-13-7-6-10-11(14(13)17)4-2-5-12(10)15(21)22/h2-9,18-19H,1H3,(H,21,22). The summed E-state index contributed by atoms with van der Waals surface area (Å²) in [5.74, 6) is -3.12. The molecule has 1 aliphatic rings. The van der Waals surface area contributed by atoms with E-state index in [9.17, 15) is 14.3 Å². The van der Waals surface area contributed by atoms with Crippen molar-refractivity contribution in [1.29, 1.82) is 0 Å². The second kappa shape index (κ2) is 5.69. The van der Waals surface area contributed by atoms with Gasteiger partial charge in [-0.15, -0.1) is 0 Å². The van der Waals surface area contributed by atoms with Crippen LogP contribution < -0.4 is 15.4 Å². The molecule has 7 heteroatoms. The number of rotatable bonds is 4. The van der Waals surface area contributed by atoms with Crippen LogP contribution in [0.4, 0.5) is 4.39 Å². The van der Waals surface area contributed by atoms with E-state index in [1.165, 1.54) is 36.5 Å². The number of nitrogens with zero attached hydrogens (tertiary/aromatic N) is 1. The Morgan fingerprint density at radius 3 is 2.83 bits per heavy atom. The molecule has 2 aromatic carbocycles. The zero-order valence-electron chi connectivity index (χ0n) is 12.2. The Morgan fingerprint density at radius 1 is 1.35 bits per heavy atom. The van der Waals surface area contributed by atoms with Crippen LogP contribution in [0.15, 0.2) is 47.6 Å². The maximum absolute atomic E-state index is 14.7. The fourth-order valence-corrected chi connectivity index (χ4v) is 2.36. The molecule has 0 saturated carbocycles. The highest BCUT2D eigenvalue weighted by atomic mass is 19.1. The lowest BCUT2D eigenvalue weighted by Crippen LogP contribution is -2.57. The number of aromatic carboxylic acids is 1. The van der Waals surface area contributed by atoms with Crippen molar-refractivity contribution in [3.05, 3.63) is 54.0 Å². The predicted octanol–water partition coefficient (Wildman–Crippen LogP) is 2.07. The first kappa shape index (κ1) is 15.0. The summed E-state index contributed by atoms with van der Waals surface area (Å²) in [4.78, 5) is 15.3. The number of hydrogen-bond acceptors (Lipinski definition) is 5. The molecule has 0 radical (unpaired) electrons. The zero-order valence-corrected chi connectivity index (χ0v) is 12.2. The summed E-state index contributed by atoms with van der Waals surface area (Å²) in [5.41, 5.74) is 0.0352. The maximum atomic E-state index is 14.7. The molecule has 0 aliphatic carbocycles. The SMILES string of the molecule is CNC1(Oc2ccc3c(C(=O)O)cccc3c2F)N=CC=CN1. The average Bonchev–Trinajstić information content (AvgIpc) is 2.58. The molecule has 0 aromatic heterocycles. The van der Waals surface area contributed by atoms with E-state index in [0.29, 0.717) is 5.39 Å². The first-order chi connectivity index (χ1) is 11.1. The number of halogens is 1. The highest BCUT2D eigenvalue weighted by Gasteiger charge is 2.30. The number of hydrogen-bond donors (Lipinski definition) is 3. The van der Waals surface area contributed by atoms with Gasteiger partial charge in [0.05, 0.1) is 5.56 Å². The maximum Gasteiger partial charge on any atom is 0.343 e. The smallest absolute Gasteiger partial charge is 0.343 e. The van der Waals surface area contributed by atoms with Gasteiger partial charge in [-0.1, -0.05) is 12.1 Å². The normalized spacial score (nSPS) is 19.6.